The van der Waals surface area contributed by atoms with Crippen LogP contribution in [0.1, 0.15) is 47.6 Å². The summed E-state index contributed by atoms with van der Waals surface area (Å²) in [6, 6.07) is 77.7. The maximum atomic E-state index is 2.43. The number of aryl methyl sites for hydroxylation is 5. The minimum atomic E-state index is 1.06. The molecule has 0 saturated heterocycles. The van der Waals surface area contributed by atoms with Gasteiger partial charge in [-0.05, 0) is 212 Å². The number of anilines is 8. The molecule has 0 fully saturated rings. The fourth-order valence-electron chi connectivity index (χ4n) is 9.86. The Morgan fingerprint density at radius 3 is 0.855 bits per heavy atom. The van der Waals surface area contributed by atoms with E-state index in [2.05, 4.69) is 281 Å². The number of benzene rings is 9. The molecule has 1 aliphatic carbocycles. The van der Waals surface area contributed by atoms with Crippen LogP contribution in [0, 0.1) is 34.6 Å². The summed E-state index contributed by atoms with van der Waals surface area (Å²) in [7, 11) is 0. The molecule has 0 radical (unpaired) electrons. The SMILES string of the molecule is CC1=C(N(c2ccc(-c3cc(-c4ccc(N(c5ccccc5C)c5ccccc5C)cc4)cc(-c4ccc(N(c5ccccc5C)c5ccccc5C)cc4)c3)cc2)c2ccccc2C)C=CCC1. The van der Waals surface area contributed by atoms with E-state index in [1.807, 2.05) is 0 Å². The molecule has 0 unspecified atom stereocenters. The van der Waals surface area contributed by atoms with Gasteiger partial charge in [0.25, 0.3) is 0 Å². The third kappa shape index (κ3) is 9.17. The van der Waals surface area contributed by atoms with Crippen LogP contribution in [0.3, 0.4) is 0 Å². The topological polar surface area (TPSA) is 9.72 Å². The van der Waals surface area contributed by atoms with Crippen LogP contribution in [0.2, 0.25) is 0 Å². The zero-order valence-corrected chi connectivity index (χ0v) is 40.6. The van der Waals surface area contributed by atoms with Crippen LogP contribution in [0.4, 0.5) is 45.5 Å². The van der Waals surface area contributed by atoms with Gasteiger partial charge >= 0.3 is 0 Å². The van der Waals surface area contributed by atoms with Crippen LogP contribution in [-0.4, -0.2) is 0 Å². The Hall–Kier alpha value is -8.14. The highest BCUT2D eigenvalue weighted by Crippen LogP contribution is 2.43. The van der Waals surface area contributed by atoms with Gasteiger partial charge in [-0.15, -0.1) is 0 Å². The molecule has 69 heavy (non-hydrogen) atoms. The van der Waals surface area contributed by atoms with Crippen LogP contribution >= 0.6 is 0 Å². The molecule has 0 spiro atoms. The van der Waals surface area contributed by atoms with Gasteiger partial charge in [-0.2, -0.15) is 0 Å². The van der Waals surface area contributed by atoms with Crippen LogP contribution in [-0.2, 0) is 0 Å². The van der Waals surface area contributed by atoms with Crippen molar-refractivity contribution in [1.82, 2.24) is 0 Å². The standard InChI is InChI=1S/C66H59N3/c1-46-19-7-13-25-61(46)67(62-26-14-8-20-47(62)2)58-37-31-52(32-38-58)55-43-56(53-33-39-59(40-34-53)68(63-27-15-9-21-48(63)3)64-28-16-10-22-49(64)4)45-57(44-55)54-35-41-60(42-36-54)69(65-29-17-11-23-50(65)5)66-30-18-12-24-51(66)6/h7-11,13-23,25-45H,12,24H2,1-6H3. The maximum absolute atomic E-state index is 2.43. The van der Waals surface area contributed by atoms with Gasteiger partial charge in [-0.1, -0.05) is 133 Å². The second-order valence-corrected chi connectivity index (χ2v) is 18.5. The number of nitrogens with zero attached hydrogens (tertiary/aromatic N) is 3. The van der Waals surface area contributed by atoms with Crippen molar-refractivity contribution in [2.75, 3.05) is 14.7 Å². The molecular formula is C66H59N3. The minimum Gasteiger partial charge on any atom is -0.310 e. The first-order valence-electron chi connectivity index (χ1n) is 24.2. The minimum absolute atomic E-state index is 1.06. The fourth-order valence-corrected chi connectivity index (χ4v) is 9.86. The molecule has 9 aromatic carbocycles. The maximum Gasteiger partial charge on any atom is 0.0490 e. The van der Waals surface area contributed by atoms with Crippen molar-refractivity contribution < 1.29 is 0 Å². The first-order chi connectivity index (χ1) is 33.7. The molecule has 0 heterocycles. The molecular weight excluding hydrogens is 835 g/mol. The van der Waals surface area contributed by atoms with Crippen molar-refractivity contribution in [3.8, 4) is 33.4 Å². The van der Waals surface area contributed by atoms with Crippen molar-refractivity contribution in [1.29, 1.82) is 0 Å². The Labute approximate surface area is 409 Å². The zero-order valence-electron chi connectivity index (χ0n) is 40.6. The first kappa shape index (κ1) is 44.7. The number of hydrogen-bond donors (Lipinski definition) is 0. The van der Waals surface area contributed by atoms with Gasteiger partial charge < -0.3 is 14.7 Å². The number of para-hydroxylation sites is 5. The van der Waals surface area contributed by atoms with Gasteiger partial charge in [0.1, 0.15) is 0 Å². The highest BCUT2D eigenvalue weighted by molar-refractivity contribution is 5.87. The van der Waals surface area contributed by atoms with Crippen LogP contribution in [0.15, 0.2) is 236 Å². The molecule has 3 nitrogen and oxygen atoms in total. The number of hydrogen-bond acceptors (Lipinski definition) is 3. The lowest BCUT2D eigenvalue weighted by Gasteiger charge is -2.31. The van der Waals surface area contributed by atoms with Crippen molar-refractivity contribution in [3.05, 3.63) is 264 Å². The van der Waals surface area contributed by atoms with Crippen molar-refractivity contribution in [2.24, 2.45) is 0 Å². The fraction of sp³-hybridized carbons (Fsp3) is 0.121. The highest BCUT2D eigenvalue weighted by Gasteiger charge is 2.21. The lowest BCUT2D eigenvalue weighted by atomic mass is 9.92. The molecule has 0 amide bonds. The number of rotatable bonds is 12. The first-order valence-corrected chi connectivity index (χ1v) is 24.2. The lowest BCUT2D eigenvalue weighted by molar-refractivity contribution is 0.922. The summed E-state index contributed by atoms with van der Waals surface area (Å²) in [6.07, 6.45) is 6.75. The van der Waals surface area contributed by atoms with E-state index in [1.54, 1.807) is 0 Å². The van der Waals surface area contributed by atoms with Gasteiger partial charge in [0.2, 0.25) is 0 Å². The predicted molar refractivity (Wildman–Crippen MR) is 295 cm³/mol. The monoisotopic (exact) mass is 893 g/mol. The largest absolute Gasteiger partial charge is 0.310 e. The smallest absolute Gasteiger partial charge is 0.0490 e. The van der Waals surface area contributed by atoms with Gasteiger partial charge in [-0.25, -0.2) is 0 Å². The lowest BCUT2D eigenvalue weighted by Crippen LogP contribution is -2.18. The number of allylic oxidation sites excluding steroid dienone is 3. The van der Waals surface area contributed by atoms with E-state index in [9.17, 15) is 0 Å². The summed E-state index contributed by atoms with van der Waals surface area (Å²) in [5.41, 5.74) is 25.1. The Bertz CT molecular complexity index is 3090. The van der Waals surface area contributed by atoms with Crippen molar-refractivity contribution >= 4 is 45.5 Å². The van der Waals surface area contributed by atoms with Crippen LogP contribution in [0.5, 0.6) is 0 Å². The predicted octanol–water partition coefficient (Wildman–Crippen LogP) is 18.9. The molecule has 0 aromatic heterocycles. The Morgan fingerprint density at radius 2 is 0.565 bits per heavy atom. The van der Waals surface area contributed by atoms with E-state index in [-0.39, 0.29) is 0 Å². The molecule has 3 heteroatoms. The van der Waals surface area contributed by atoms with E-state index in [0.717, 1.165) is 52.2 Å². The second-order valence-electron chi connectivity index (χ2n) is 18.5. The molecule has 0 atom stereocenters. The van der Waals surface area contributed by atoms with Gasteiger partial charge in [-0.3, -0.25) is 0 Å². The van der Waals surface area contributed by atoms with Gasteiger partial charge in [0.15, 0.2) is 0 Å². The molecule has 9 aromatic rings. The zero-order chi connectivity index (χ0) is 47.4. The average molecular weight is 894 g/mol. The summed E-state index contributed by atoms with van der Waals surface area (Å²) in [4.78, 5) is 7.21. The molecule has 1 aliphatic rings. The molecule has 0 bridgehead atoms. The quantitative estimate of drug-likeness (QED) is 0.121. The highest BCUT2D eigenvalue weighted by atomic mass is 15.2. The van der Waals surface area contributed by atoms with E-state index in [1.165, 1.54) is 78.7 Å². The molecule has 0 saturated carbocycles. The third-order valence-electron chi connectivity index (χ3n) is 13.7. The Balaban J connectivity index is 1.08. The molecule has 10 rings (SSSR count). The Morgan fingerprint density at radius 1 is 0.290 bits per heavy atom. The summed E-state index contributed by atoms with van der Waals surface area (Å²) in [5, 5.41) is 0. The summed E-state index contributed by atoms with van der Waals surface area (Å²) < 4.78 is 0. The van der Waals surface area contributed by atoms with Gasteiger partial charge in [0, 0.05) is 51.2 Å². The third-order valence-corrected chi connectivity index (χ3v) is 13.7. The summed E-state index contributed by atoms with van der Waals surface area (Å²) >= 11 is 0. The summed E-state index contributed by atoms with van der Waals surface area (Å²) in [6.45, 7) is 13.2. The van der Waals surface area contributed by atoms with Crippen LogP contribution < -0.4 is 14.7 Å². The normalized spacial score (nSPS) is 12.3. The van der Waals surface area contributed by atoms with Crippen molar-refractivity contribution in [2.45, 2.75) is 54.4 Å². The van der Waals surface area contributed by atoms with E-state index >= 15 is 0 Å². The molecule has 0 N–H and O–H groups in total. The van der Waals surface area contributed by atoms with E-state index in [4.69, 9.17) is 0 Å². The second kappa shape index (κ2) is 19.6. The van der Waals surface area contributed by atoms with Crippen LogP contribution in [0.25, 0.3) is 33.4 Å². The molecule has 338 valence electrons. The van der Waals surface area contributed by atoms with Crippen molar-refractivity contribution in [3.63, 3.8) is 0 Å². The average Bonchev–Trinajstić information content (AvgIpc) is 3.38. The molecule has 0 aliphatic heterocycles. The van der Waals surface area contributed by atoms with Gasteiger partial charge in [0.05, 0.1) is 0 Å². The van der Waals surface area contributed by atoms with E-state index in [0.29, 0.717) is 0 Å². The Kier molecular flexibility index (Phi) is 12.7. The summed E-state index contributed by atoms with van der Waals surface area (Å²) in [5.74, 6) is 0. The van der Waals surface area contributed by atoms with E-state index < -0.39 is 0 Å².